The third kappa shape index (κ3) is 2.54. The Kier molecular flexibility index (Phi) is 3.67. The molecule has 0 aromatic heterocycles. The second-order valence-corrected chi connectivity index (χ2v) is 5.47. The van der Waals surface area contributed by atoms with Crippen LogP contribution in [0.3, 0.4) is 0 Å². The lowest BCUT2D eigenvalue weighted by Gasteiger charge is -2.20. The van der Waals surface area contributed by atoms with E-state index in [1.54, 1.807) is 0 Å². The Hall–Kier alpha value is -0.510. The topological polar surface area (TPSA) is 41.5 Å². The van der Waals surface area contributed by atoms with Crippen LogP contribution < -0.4 is 5.32 Å². The number of hydrogen-bond donors (Lipinski definition) is 1. The van der Waals surface area contributed by atoms with Gasteiger partial charge in [-0.1, -0.05) is 19.8 Å². The van der Waals surface area contributed by atoms with E-state index in [4.69, 9.17) is 0 Å². The van der Waals surface area contributed by atoms with Gasteiger partial charge in [-0.2, -0.15) is 11.8 Å². The van der Waals surface area contributed by atoms with Gasteiger partial charge in [0.2, 0.25) is 5.91 Å². The molecule has 84 valence electrons. The molecule has 3 nitrogen and oxygen atoms in total. The van der Waals surface area contributed by atoms with Gasteiger partial charge in [0, 0.05) is 0 Å². The van der Waals surface area contributed by atoms with Gasteiger partial charge < -0.3 is 5.32 Å². The van der Waals surface area contributed by atoms with Crippen LogP contribution in [0, 0.1) is 0 Å². The maximum atomic E-state index is 11.6. The van der Waals surface area contributed by atoms with Crippen molar-refractivity contribution in [1.82, 2.24) is 5.32 Å². The van der Waals surface area contributed by atoms with Gasteiger partial charge >= 0.3 is 0 Å². The molecule has 2 atom stereocenters. The van der Waals surface area contributed by atoms with Gasteiger partial charge in [0.15, 0.2) is 0 Å². The van der Waals surface area contributed by atoms with E-state index in [0.29, 0.717) is 5.25 Å². The summed E-state index contributed by atoms with van der Waals surface area (Å²) in [5.74, 6) is 2.26. The zero-order valence-corrected chi connectivity index (χ0v) is 9.98. The lowest BCUT2D eigenvalue weighted by Crippen LogP contribution is -2.35. The third-order valence-electron chi connectivity index (χ3n) is 2.90. The van der Waals surface area contributed by atoms with Crippen molar-refractivity contribution >= 4 is 23.5 Å². The van der Waals surface area contributed by atoms with E-state index in [-0.39, 0.29) is 11.9 Å². The van der Waals surface area contributed by atoms with E-state index in [1.165, 1.54) is 25.0 Å². The van der Waals surface area contributed by atoms with Crippen LogP contribution in [0.2, 0.25) is 0 Å². The minimum atomic E-state index is -0.104. The average Bonchev–Trinajstić information content (AvgIpc) is 2.63. The molecule has 0 aromatic rings. The first-order valence-electron chi connectivity index (χ1n) is 5.81. The minimum absolute atomic E-state index is 0.104. The van der Waals surface area contributed by atoms with Gasteiger partial charge in [-0.3, -0.25) is 9.79 Å². The largest absolute Gasteiger partial charge is 0.312 e. The molecule has 0 aromatic carbocycles. The molecule has 2 aliphatic rings. The number of nitrogens with zero attached hydrogens (tertiary/aromatic N) is 1. The lowest BCUT2D eigenvalue weighted by atomic mass is 10.2. The first-order valence-corrected chi connectivity index (χ1v) is 6.86. The number of amides is 1. The fourth-order valence-electron chi connectivity index (χ4n) is 2.06. The van der Waals surface area contributed by atoms with Crippen molar-refractivity contribution in [2.75, 3.05) is 5.75 Å². The molecule has 0 aliphatic carbocycles. The highest BCUT2D eigenvalue weighted by Crippen LogP contribution is 2.27. The normalized spacial score (nSPS) is 31.3. The molecule has 4 heteroatoms. The molecular weight excluding hydrogens is 208 g/mol. The smallest absolute Gasteiger partial charge is 0.250 e. The fraction of sp³-hybridized carbons (Fsp3) is 0.818. The molecule has 2 heterocycles. The van der Waals surface area contributed by atoms with Gasteiger partial charge in [-0.15, -0.1) is 0 Å². The fourth-order valence-corrected chi connectivity index (χ4v) is 3.32. The standard InChI is InChI=1S/C11H18N2OS/c1-2-5-8-11(14)13-10(12-8)9-6-3-4-7-15-9/h8-9H,2-7H2,1H3,(H,12,13,14). The summed E-state index contributed by atoms with van der Waals surface area (Å²) >= 11 is 1.94. The zero-order chi connectivity index (χ0) is 10.7. The molecule has 2 rings (SSSR count). The number of thioether (sulfide) groups is 1. The van der Waals surface area contributed by atoms with Crippen LogP contribution in [0.5, 0.6) is 0 Å². The number of nitrogens with one attached hydrogen (secondary N) is 1. The predicted molar refractivity (Wildman–Crippen MR) is 64.4 cm³/mol. The van der Waals surface area contributed by atoms with Crippen molar-refractivity contribution in [1.29, 1.82) is 0 Å². The molecule has 0 saturated carbocycles. The average molecular weight is 226 g/mol. The van der Waals surface area contributed by atoms with Crippen LogP contribution in [0.4, 0.5) is 0 Å². The third-order valence-corrected chi connectivity index (χ3v) is 4.28. The van der Waals surface area contributed by atoms with Gasteiger partial charge in [0.25, 0.3) is 0 Å². The van der Waals surface area contributed by atoms with Crippen LogP contribution in [-0.4, -0.2) is 28.8 Å². The molecular formula is C11H18N2OS. The van der Waals surface area contributed by atoms with E-state index in [2.05, 4.69) is 17.2 Å². The van der Waals surface area contributed by atoms with Crippen molar-refractivity contribution in [3.8, 4) is 0 Å². The van der Waals surface area contributed by atoms with Crippen LogP contribution in [0.25, 0.3) is 0 Å². The monoisotopic (exact) mass is 226 g/mol. The molecule has 2 aliphatic heterocycles. The van der Waals surface area contributed by atoms with E-state index in [0.717, 1.165) is 18.7 Å². The highest BCUT2D eigenvalue weighted by Gasteiger charge is 2.30. The molecule has 1 N–H and O–H groups in total. The quantitative estimate of drug-likeness (QED) is 0.799. The minimum Gasteiger partial charge on any atom is -0.312 e. The SMILES string of the molecule is CCCC1N=C(C2CCCCS2)NC1=O. The molecule has 1 amide bonds. The van der Waals surface area contributed by atoms with Crippen molar-refractivity contribution in [2.24, 2.45) is 4.99 Å². The summed E-state index contributed by atoms with van der Waals surface area (Å²) in [6.07, 6.45) is 5.65. The highest BCUT2D eigenvalue weighted by molar-refractivity contribution is 8.00. The molecule has 0 bridgehead atoms. The Morgan fingerprint density at radius 1 is 1.53 bits per heavy atom. The molecule has 0 spiro atoms. The van der Waals surface area contributed by atoms with E-state index < -0.39 is 0 Å². The number of aliphatic imine (C=N–C) groups is 1. The second kappa shape index (κ2) is 5.01. The van der Waals surface area contributed by atoms with Gasteiger partial charge in [0.05, 0.1) is 5.25 Å². The number of rotatable bonds is 3. The van der Waals surface area contributed by atoms with Crippen molar-refractivity contribution in [3.05, 3.63) is 0 Å². The van der Waals surface area contributed by atoms with Crippen molar-refractivity contribution in [2.45, 2.75) is 50.3 Å². The van der Waals surface area contributed by atoms with Gasteiger partial charge in [-0.25, -0.2) is 0 Å². The summed E-state index contributed by atoms with van der Waals surface area (Å²) in [5.41, 5.74) is 0. The van der Waals surface area contributed by atoms with E-state index in [1.807, 2.05) is 11.8 Å². The maximum Gasteiger partial charge on any atom is 0.250 e. The Bertz CT molecular complexity index is 272. The number of carbonyl (C=O) groups excluding carboxylic acids is 1. The summed E-state index contributed by atoms with van der Waals surface area (Å²) in [6.45, 7) is 2.09. The second-order valence-electron chi connectivity index (χ2n) is 4.16. The van der Waals surface area contributed by atoms with Crippen molar-refractivity contribution < 1.29 is 4.79 Å². The Labute approximate surface area is 95.1 Å². The van der Waals surface area contributed by atoms with Crippen LogP contribution in [0.1, 0.15) is 39.0 Å². The number of amidine groups is 1. The predicted octanol–water partition coefficient (Wildman–Crippen LogP) is 1.97. The van der Waals surface area contributed by atoms with Crippen LogP contribution >= 0.6 is 11.8 Å². The summed E-state index contributed by atoms with van der Waals surface area (Å²) in [4.78, 5) is 16.1. The highest BCUT2D eigenvalue weighted by atomic mass is 32.2. The number of carbonyl (C=O) groups is 1. The molecule has 1 fully saturated rings. The van der Waals surface area contributed by atoms with Gasteiger partial charge in [-0.05, 0) is 25.0 Å². The lowest BCUT2D eigenvalue weighted by molar-refractivity contribution is -0.120. The Morgan fingerprint density at radius 3 is 3.07 bits per heavy atom. The van der Waals surface area contributed by atoms with Crippen molar-refractivity contribution in [3.63, 3.8) is 0 Å². The van der Waals surface area contributed by atoms with E-state index in [9.17, 15) is 4.79 Å². The summed E-state index contributed by atoms with van der Waals surface area (Å²) in [7, 11) is 0. The summed E-state index contributed by atoms with van der Waals surface area (Å²) < 4.78 is 0. The molecule has 2 unspecified atom stereocenters. The maximum absolute atomic E-state index is 11.6. The molecule has 1 saturated heterocycles. The summed E-state index contributed by atoms with van der Waals surface area (Å²) in [5, 5.41) is 3.40. The Morgan fingerprint density at radius 2 is 2.40 bits per heavy atom. The van der Waals surface area contributed by atoms with Crippen LogP contribution in [0.15, 0.2) is 4.99 Å². The van der Waals surface area contributed by atoms with Gasteiger partial charge in [0.1, 0.15) is 11.9 Å². The summed E-state index contributed by atoms with van der Waals surface area (Å²) in [6, 6.07) is -0.104. The molecule has 0 radical (unpaired) electrons. The first-order chi connectivity index (χ1) is 7.31. The Balaban J connectivity index is 1.97. The molecule has 15 heavy (non-hydrogen) atoms. The van der Waals surface area contributed by atoms with E-state index >= 15 is 0 Å². The number of hydrogen-bond acceptors (Lipinski definition) is 3. The zero-order valence-electron chi connectivity index (χ0n) is 9.16. The first kappa shape index (κ1) is 11.0. The van der Waals surface area contributed by atoms with Crippen LogP contribution in [-0.2, 0) is 4.79 Å².